The van der Waals surface area contributed by atoms with Crippen LogP contribution < -0.4 is 10.4 Å². The smallest absolute Gasteiger partial charge is 0.345 e. The zero-order chi connectivity index (χ0) is 22.1. The van der Waals surface area contributed by atoms with Crippen molar-refractivity contribution in [3.05, 3.63) is 46.6 Å². The maximum absolute atomic E-state index is 13.0. The summed E-state index contributed by atoms with van der Waals surface area (Å²) in [5, 5.41) is 33.1. The van der Waals surface area contributed by atoms with Crippen molar-refractivity contribution in [1.29, 1.82) is 0 Å². The van der Waals surface area contributed by atoms with Crippen LogP contribution in [0.25, 0.3) is 11.3 Å². The van der Waals surface area contributed by atoms with Gasteiger partial charge in [-0.15, -0.1) is 0 Å². The molecule has 3 N–H and O–H groups in total. The number of fused-ring (bicyclic) bond motifs is 4. The molecule has 2 aromatic heterocycles. The van der Waals surface area contributed by atoms with E-state index in [1.54, 1.807) is 30.6 Å². The van der Waals surface area contributed by atoms with Gasteiger partial charge in [0.25, 0.3) is 0 Å². The van der Waals surface area contributed by atoms with Crippen LogP contribution in [0, 0.1) is 23.2 Å². The molecule has 7 nitrogen and oxygen atoms in total. The van der Waals surface area contributed by atoms with E-state index in [2.05, 4.69) is 11.9 Å². The van der Waals surface area contributed by atoms with Crippen molar-refractivity contribution >= 4 is 0 Å². The number of nitrogens with zero attached hydrogens (tertiary/aromatic N) is 1. The van der Waals surface area contributed by atoms with Gasteiger partial charge in [0.2, 0.25) is 0 Å². The summed E-state index contributed by atoms with van der Waals surface area (Å²) in [4.78, 5) is 17.0. The second-order valence-electron chi connectivity index (χ2n) is 9.96. The molecule has 0 radical (unpaired) electrons. The van der Waals surface area contributed by atoms with Gasteiger partial charge in [-0.05, 0) is 55.6 Å². The Morgan fingerprint density at radius 3 is 2.71 bits per heavy atom. The maximum atomic E-state index is 13.0. The van der Waals surface area contributed by atoms with Crippen LogP contribution in [0.5, 0.6) is 5.75 Å². The number of aliphatic hydroxyl groups excluding tert-OH is 3. The third-order valence-electron chi connectivity index (χ3n) is 8.37. The van der Waals surface area contributed by atoms with Crippen molar-refractivity contribution < 1.29 is 24.5 Å². The van der Waals surface area contributed by atoms with E-state index in [1.807, 2.05) is 13.8 Å². The molecule has 31 heavy (non-hydrogen) atoms. The number of pyridine rings is 1. The molecule has 7 unspecified atom stereocenters. The number of hydrogen-bond donors (Lipinski definition) is 3. The second-order valence-corrected chi connectivity index (χ2v) is 9.96. The van der Waals surface area contributed by atoms with E-state index in [-0.39, 0.29) is 23.1 Å². The Kier molecular flexibility index (Phi) is 4.59. The van der Waals surface area contributed by atoms with Gasteiger partial charge in [0.1, 0.15) is 22.7 Å². The summed E-state index contributed by atoms with van der Waals surface area (Å²) in [6.45, 7) is 5.92. The number of hydrogen-bond acceptors (Lipinski definition) is 7. The lowest BCUT2D eigenvalue weighted by atomic mass is 9.46. The minimum Gasteiger partial charge on any atom is -0.484 e. The van der Waals surface area contributed by atoms with E-state index >= 15 is 0 Å². The van der Waals surface area contributed by atoms with Gasteiger partial charge in [0.15, 0.2) is 0 Å². The predicted octanol–water partition coefficient (Wildman–Crippen LogP) is 2.68. The number of aromatic nitrogens is 1. The van der Waals surface area contributed by atoms with Crippen molar-refractivity contribution in [2.75, 3.05) is 0 Å². The fraction of sp³-hybridized carbons (Fsp3) is 0.583. The molecule has 2 aromatic rings. The van der Waals surface area contributed by atoms with Gasteiger partial charge in [-0.1, -0.05) is 13.8 Å². The summed E-state index contributed by atoms with van der Waals surface area (Å²) in [7, 11) is 0. The van der Waals surface area contributed by atoms with Crippen molar-refractivity contribution in [3.63, 3.8) is 0 Å². The molecule has 0 aromatic carbocycles. The minimum absolute atomic E-state index is 0.00540. The maximum Gasteiger partial charge on any atom is 0.345 e. The molecule has 1 aliphatic heterocycles. The van der Waals surface area contributed by atoms with Crippen molar-refractivity contribution in [2.45, 2.75) is 63.9 Å². The van der Waals surface area contributed by atoms with Gasteiger partial charge in [-0.3, -0.25) is 4.98 Å². The highest BCUT2D eigenvalue weighted by Crippen LogP contribution is 2.64. The summed E-state index contributed by atoms with van der Waals surface area (Å²) < 4.78 is 11.9. The van der Waals surface area contributed by atoms with Gasteiger partial charge in [0, 0.05) is 29.9 Å². The molecule has 8 atom stereocenters. The Labute approximate surface area is 180 Å². The van der Waals surface area contributed by atoms with Crippen LogP contribution in [0.15, 0.2) is 39.8 Å². The van der Waals surface area contributed by atoms with Crippen molar-refractivity contribution in [3.8, 4) is 17.1 Å². The molecular formula is C24H29NO6. The van der Waals surface area contributed by atoms with E-state index < -0.39 is 40.9 Å². The highest BCUT2D eigenvalue weighted by Gasteiger charge is 2.66. The molecule has 0 saturated heterocycles. The molecule has 3 aliphatic rings. The highest BCUT2D eigenvalue weighted by molar-refractivity contribution is 5.59. The summed E-state index contributed by atoms with van der Waals surface area (Å²) >= 11 is 0. The molecule has 2 saturated carbocycles. The Morgan fingerprint density at radius 1 is 1.23 bits per heavy atom. The molecule has 0 bridgehead atoms. The van der Waals surface area contributed by atoms with Crippen LogP contribution in [0.4, 0.5) is 0 Å². The van der Waals surface area contributed by atoms with Crippen LogP contribution in [0.3, 0.4) is 0 Å². The summed E-state index contributed by atoms with van der Waals surface area (Å²) in [5.74, 6) is 0.0198. The van der Waals surface area contributed by atoms with E-state index in [0.717, 1.165) is 0 Å². The molecule has 2 fully saturated rings. The highest BCUT2D eigenvalue weighted by atomic mass is 16.5. The van der Waals surface area contributed by atoms with Gasteiger partial charge in [-0.2, -0.15) is 0 Å². The predicted molar refractivity (Wildman–Crippen MR) is 112 cm³/mol. The standard InChI is InChI=1S/C24H29NO6/c1-12-14-9-18(27)24(3)21(23(14,2)7-6-15(12)26)20(28)19-17(31-24)10-16(30-22(19)29)13-5-4-8-25-11-13/h4-5,8,10-12,14-15,18,20-21,26-28H,6-7,9H2,1-3H3/t12-,14?,15?,18?,20?,21?,23?,24?/m1/s1. The summed E-state index contributed by atoms with van der Waals surface area (Å²) in [6, 6.07) is 5.12. The summed E-state index contributed by atoms with van der Waals surface area (Å²) in [6.07, 6.45) is 2.57. The Morgan fingerprint density at radius 2 is 2.00 bits per heavy atom. The summed E-state index contributed by atoms with van der Waals surface area (Å²) in [5.41, 5.74) is -1.39. The number of ether oxygens (including phenoxy) is 1. The number of rotatable bonds is 1. The average molecular weight is 427 g/mol. The fourth-order valence-corrected chi connectivity index (χ4v) is 6.68. The first-order valence-electron chi connectivity index (χ1n) is 11.0. The van der Waals surface area contributed by atoms with Gasteiger partial charge in [0.05, 0.1) is 18.3 Å². The van der Waals surface area contributed by atoms with Crippen molar-refractivity contribution in [1.82, 2.24) is 4.98 Å². The quantitative estimate of drug-likeness (QED) is 0.641. The molecule has 166 valence electrons. The Hall–Kier alpha value is -2.22. The van der Waals surface area contributed by atoms with Crippen LogP contribution in [0.2, 0.25) is 0 Å². The molecule has 3 heterocycles. The van der Waals surface area contributed by atoms with Crippen LogP contribution >= 0.6 is 0 Å². The van der Waals surface area contributed by atoms with Crippen molar-refractivity contribution in [2.24, 2.45) is 23.2 Å². The molecule has 0 spiro atoms. The molecule has 7 heteroatoms. The van der Waals surface area contributed by atoms with E-state index in [4.69, 9.17) is 9.15 Å². The van der Waals surface area contributed by atoms with E-state index in [0.29, 0.717) is 30.6 Å². The molecule has 5 rings (SSSR count). The van der Waals surface area contributed by atoms with E-state index in [1.165, 1.54) is 0 Å². The monoisotopic (exact) mass is 427 g/mol. The SMILES string of the molecule is C[C@H]1C(O)CCC2(C)C1CC(O)C1(C)Oc3cc(-c4cccnc4)oc(=O)c3C(O)C21. The third kappa shape index (κ3) is 2.83. The van der Waals surface area contributed by atoms with Crippen LogP contribution in [-0.2, 0) is 0 Å². The lowest BCUT2D eigenvalue weighted by Gasteiger charge is -2.63. The minimum atomic E-state index is -1.14. The lowest BCUT2D eigenvalue weighted by molar-refractivity contribution is -0.242. The molecule has 0 amide bonds. The molecular weight excluding hydrogens is 398 g/mol. The van der Waals surface area contributed by atoms with E-state index in [9.17, 15) is 20.1 Å². The first-order valence-corrected chi connectivity index (χ1v) is 11.0. The zero-order valence-electron chi connectivity index (χ0n) is 18.0. The van der Waals surface area contributed by atoms with Crippen LogP contribution in [0.1, 0.15) is 51.7 Å². The van der Waals surface area contributed by atoms with Gasteiger partial charge in [-0.25, -0.2) is 4.79 Å². The lowest BCUT2D eigenvalue weighted by Crippen LogP contribution is -2.68. The Balaban J connectivity index is 1.64. The third-order valence-corrected chi connectivity index (χ3v) is 8.37. The second kappa shape index (κ2) is 6.89. The largest absolute Gasteiger partial charge is 0.484 e. The van der Waals surface area contributed by atoms with Gasteiger partial charge >= 0.3 is 5.63 Å². The average Bonchev–Trinajstić information content (AvgIpc) is 2.73. The first-order chi connectivity index (χ1) is 14.7. The topological polar surface area (TPSA) is 113 Å². The Bertz CT molecular complexity index is 1050. The normalized spacial score (nSPS) is 41.5. The number of aliphatic hydroxyl groups is 3. The zero-order valence-corrected chi connectivity index (χ0v) is 18.0. The first kappa shape index (κ1) is 20.7. The fourth-order valence-electron chi connectivity index (χ4n) is 6.68. The van der Waals surface area contributed by atoms with Gasteiger partial charge < -0.3 is 24.5 Å². The van der Waals surface area contributed by atoms with Crippen LogP contribution in [-0.4, -0.2) is 38.1 Å². The molecule has 2 aliphatic carbocycles.